The molecule has 1 saturated heterocycles. The molecule has 3 nitrogen and oxygen atoms in total. The van der Waals surface area contributed by atoms with Gasteiger partial charge in [0.15, 0.2) is 0 Å². The van der Waals surface area contributed by atoms with Gasteiger partial charge in [0.1, 0.15) is 6.10 Å². The van der Waals surface area contributed by atoms with Gasteiger partial charge in [0.2, 0.25) is 5.79 Å². The largest absolute Gasteiger partial charge is 0.427 e. The third kappa shape index (κ3) is 2.07. The second kappa shape index (κ2) is 4.15. The molecule has 2 fully saturated rings. The number of carbonyl (C=O) groups excluding carboxylic acids is 1. The first-order valence-electron chi connectivity index (χ1n) is 6.26. The van der Waals surface area contributed by atoms with Crippen molar-refractivity contribution in [2.75, 3.05) is 0 Å². The van der Waals surface area contributed by atoms with Crippen LogP contribution in [0.4, 0.5) is 0 Å². The Balaban J connectivity index is 1.69. The number of hydrogen-bond donors (Lipinski definition) is 0. The Labute approximate surface area is 101 Å². The van der Waals surface area contributed by atoms with Gasteiger partial charge in [0.25, 0.3) is 0 Å². The number of epoxide rings is 1. The summed E-state index contributed by atoms with van der Waals surface area (Å²) in [5, 5.41) is 0. The maximum absolute atomic E-state index is 12.0. The van der Waals surface area contributed by atoms with Gasteiger partial charge in [-0.2, -0.15) is 0 Å². The van der Waals surface area contributed by atoms with Gasteiger partial charge >= 0.3 is 5.97 Å². The van der Waals surface area contributed by atoms with Gasteiger partial charge in [-0.3, -0.25) is 0 Å². The molecular weight excluding hydrogens is 216 g/mol. The predicted molar refractivity (Wildman–Crippen MR) is 62.5 cm³/mol. The number of carbonyl (C=O) groups is 1. The number of fused-ring (bicyclic) bond motifs is 1. The van der Waals surface area contributed by atoms with Crippen molar-refractivity contribution in [2.45, 2.75) is 44.0 Å². The third-order valence-electron chi connectivity index (χ3n) is 3.54. The van der Waals surface area contributed by atoms with Crippen molar-refractivity contribution in [3.63, 3.8) is 0 Å². The van der Waals surface area contributed by atoms with Gasteiger partial charge in [-0.15, -0.1) is 0 Å². The Morgan fingerprint density at radius 3 is 2.88 bits per heavy atom. The average Bonchev–Trinajstić information content (AvgIpc) is 3.04. The van der Waals surface area contributed by atoms with E-state index in [4.69, 9.17) is 9.47 Å². The number of esters is 1. The molecule has 17 heavy (non-hydrogen) atoms. The molecular formula is C14H16O3. The fourth-order valence-electron chi connectivity index (χ4n) is 2.51. The van der Waals surface area contributed by atoms with Crippen LogP contribution in [0, 0.1) is 0 Å². The first-order chi connectivity index (χ1) is 8.30. The quantitative estimate of drug-likeness (QED) is 0.581. The van der Waals surface area contributed by atoms with Crippen LogP contribution >= 0.6 is 0 Å². The Morgan fingerprint density at radius 1 is 1.24 bits per heavy atom. The summed E-state index contributed by atoms with van der Waals surface area (Å²) in [6.07, 6.45) is 5.47. The minimum absolute atomic E-state index is 0.137. The van der Waals surface area contributed by atoms with Gasteiger partial charge in [-0.25, -0.2) is 4.79 Å². The lowest BCUT2D eigenvalue weighted by Crippen LogP contribution is -2.23. The average molecular weight is 232 g/mol. The standard InChI is InChI=1S/C14H16O3/c15-13(11-7-3-1-4-8-11)17-14-10-6-2-5-9-12(14)16-14/h1,3-4,7-8,12H,2,5-6,9-10H2/t12-,14-/m0/s1. The highest BCUT2D eigenvalue weighted by Gasteiger charge is 2.60. The summed E-state index contributed by atoms with van der Waals surface area (Å²) in [5.41, 5.74) is 0.598. The van der Waals surface area contributed by atoms with E-state index in [1.54, 1.807) is 12.1 Å². The van der Waals surface area contributed by atoms with Crippen LogP contribution in [0.25, 0.3) is 0 Å². The Kier molecular flexibility index (Phi) is 2.63. The van der Waals surface area contributed by atoms with Crippen LogP contribution in [0.3, 0.4) is 0 Å². The molecule has 3 heteroatoms. The van der Waals surface area contributed by atoms with Crippen LogP contribution in [0.2, 0.25) is 0 Å². The van der Waals surface area contributed by atoms with Crippen molar-refractivity contribution >= 4 is 5.97 Å². The molecule has 1 aliphatic carbocycles. The molecule has 1 saturated carbocycles. The summed E-state index contributed by atoms with van der Waals surface area (Å²) in [7, 11) is 0. The molecule has 0 N–H and O–H groups in total. The third-order valence-corrected chi connectivity index (χ3v) is 3.54. The van der Waals surface area contributed by atoms with Crippen molar-refractivity contribution in [3.8, 4) is 0 Å². The number of ether oxygens (including phenoxy) is 2. The van der Waals surface area contributed by atoms with E-state index in [0.29, 0.717) is 5.56 Å². The van der Waals surface area contributed by atoms with Gasteiger partial charge in [-0.05, 0) is 25.0 Å². The molecule has 2 atom stereocenters. The molecule has 3 rings (SSSR count). The van der Waals surface area contributed by atoms with E-state index in [0.717, 1.165) is 19.3 Å². The maximum Gasteiger partial charge on any atom is 0.340 e. The molecule has 0 spiro atoms. The second-order valence-electron chi connectivity index (χ2n) is 4.77. The molecule has 0 radical (unpaired) electrons. The fraction of sp³-hybridized carbons (Fsp3) is 0.500. The molecule has 0 amide bonds. The fourth-order valence-corrected chi connectivity index (χ4v) is 2.51. The molecule has 0 unspecified atom stereocenters. The molecule has 1 aromatic carbocycles. The summed E-state index contributed by atoms with van der Waals surface area (Å²) < 4.78 is 11.2. The maximum atomic E-state index is 12.0. The van der Waals surface area contributed by atoms with Crippen LogP contribution in [0.15, 0.2) is 30.3 Å². The van der Waals surface area contributed by atoms with Crippen LogP contribution in [0.5, 0.6) is 0 Å². The highest BCUT2D eigenvalue weighted by atomic mass is 16.8. The van der Waals surface area contributed by atoms with Crippen molar-refractivity contribution in [1.82, 2.24) is 0 Å². The molecule has 1 aromatic rings. The monoisotopic (exact) mass is 232 g/mol. The summed E-state index contributed by atoms with van der Waals surface area (Å²) in [6.45, 7) is 0. The zero-order valence-corrected chi connectivity index (χ0v) is 9.72. The first-order valence-corrected chi connectivity index (χ1v) is 6.26. The van der Waals surface area contributed by atoms with Gasteiger partial charge in [0, 0.05) is 6.42 Å². The molecule has 2 aliphatic rings. The van der Waals surface area contributed by atoms with E-state index < -0.39 is 5.79 Å². The Morgan fingerprint density at radius 2 is 2.06 bits per heavy atom. The van der Waals surface area contributed by atoms with Gasteiger partial charge in [0.05, 0.1) is 5.56 Å². The summed E-state index contributed by atoms with van der Waals surface area (Å²) >= 11 is 0. The van der Waals surface area contributed by atoms with E-state index >= 15 is 0 Å². The number of benzene rings is 1. The molecule has 90 valence electrons. The predicted octanol–water partition coefficient (Wildman–Crippen LogP) is 2.90. The Hall–Kier alpha value is -1.35. The Bertz CT molecular complexity index is 415. The zero-order chi connectivity index (χ0) is 11.7. The van der Waals surface area contributed by atoms with Crippen molar-refractivity contribution in [1.29, 1.82) is 0 Å². The van der Waals surface area contributed by atoms with Crippen LogP contribution in [0.1, 0.15) is 42.5 Å². The minimum Gasteiger partial charge on any atom is -0.427 e. The SMILES string of the molecule is O=C(O[C@@]12CCCCC[C@@H]1O2)c1ccccc1. The van der Waals surface area contributed by atoms with Crippen molar-refractivity contribution in [2.24, 2.45) is 0 Å². The number of rotatable bonds is 2. The van der Waals surface area contributed by atoms with E-state index in [1.165, 1.54) is 12.8 Å². The van der Waals surface area contributed by atoms with Gasteiger partial charge in [-0.1, -0.05) is 31.0 Å². The lowest BCUT2D eigenvalue weighted by molar-refractivity contribution is -0.0229. The van der Waals surface area contributed by atoms with E-state index in [9.17, 15) is 4.79 Å². The molecule has 1 heterocycles. The smallest absolute Gasteiger partial charge is 0.340 e. The van der Waals surface area contributed by atoms with E-state index in [2.05, 4.69) is 0 Å². The highest BCUT2D eigenvalue weighted by molar-refractivity contribution is 5.89. The van der Waals surface area contributed by atoms with Crippen LogP contribution in [-0.2, 0) is 9.47 Å². The lowest BCUT2D eigenvalue weighted by Gasteiger charge is -2.12. The number of hydrogen-bond acceptors (Lipinski definition) is 3. The second-order valence-corrected chi connectivity index (χ2v) is 4.77. The topological polar surface area (TPSA) is 38.8 Å². The van der Waals surface area contributed by atoms with E-state index in [1.807, 2.05) is 18.2 Å². The van der Waals surface area contributed by atoms with Crippen molar-refractivity contribution < 1.29 is 14.3 Å². The summed E-state index contributed by atoms with van der Waals surface area (Å²) in [6, 6.07) is 9.11. The molecule has 0 aromatic heterocycles. The van der Waals surface area contributed by atoms with Gasteiger partial charge < -0.3 is 9.47 Å². The van der Waals surface area contributed by atoms with Crippen LogP contribution < -0.4 is 0 Å². The first kappa shape index (κ1) is 10.8. The normalized spacial score (nSPS) is 31.2. The van der Waals surface area contributed by atoms with Crippen LogP contribution in [-0.4, -0.2) is 17.9 Å². The summed E-state index contributed by atoms with van der Waals surface area (Å²) in [5.74, 6) is -0.862. The van der Waals surface area contributed by atoms with E-state index in [-0.39, 0.29) is 12.1 Å². The minimum atomic E-state index is -0.594. The summed E-state index contributed by atoms with van der Waals surface area (Å²) in [4.78, 5) is 12.0. The highest BCUT2D eigenvalue weighted by Crippen LogP contribution is 2.47. The van der Waals surface area contributed by atoms with Crippen molar-refractivity contribution in [3.05, 3.63) is 35.9 Å². The molecule has 0 bridgehead atoms. The lowest BCUT2D eigenvalue weighted by atomic mass is 10.1. The molecule has 1 aliphatic heterocycles. The zero-order valence-electron chi connectivity index (χ0n) is 9.72.